The number of piperidine rings is 1. The van der Waals surface area contributed by atoms with E-state index in [4.69, 9.17) is 5.21 Å². The Morgan fingerprint density at radius 1 is 1.44 bits per heavy atom. The topological polar surface area (TPSA) is 55.7 Å². The second-order valence-corrected chi connectivity index (χ2v) is 5.35. The van der Waals surface area contributed by atoms with Crippen molar-refractivity contribution in [1.29, 1.82) is 0 Å². The Bertz CT molecular complexity index is 293. The van der Waals surface area contributed by atoms with E-state index < -0.39 is 11.1 Å². The molecule has 0 aromatic rings. The average molecular weight is 227 g/mol. The first-order valence-electron chi connectivity index (χ1n) is 6.04. The highest BCUT2D eigenvalue weighted by Crippen LogP contribution is 2.42. The van der Waals surface area contributed by atoms with Crippen LogP contribution in [0.25, 0.3) is 0 Å². The van der Waals surface area contributed by atoms with Crippen molar-refractivity contribution in [3.63, 3.8) is 0 Å². The molecule has 4 nitrogen and oxygen atoms in total. The first kappa shape index (κ1) is 13.5. The van der Waals surface area contributed by atoms with Crippen LogP contribution in [0.1, 0.15) is 53.9 Å². The molecule has 16 heavy (non-hydrogen) atoms. The lowest BCUT2D eigenvalue weighted by Crippen LogP contribution is -2.64. The molecule has 3 unspecified atom stereocenters. The molecular formula is C12H23N2O2. The molecule has 0 aromatic heterocycles. The molecule has 1 heterocycles. The van der Waals surface area contributed by atoms with Crippen LogP contribution >= 0.6 is 0 Å². The third-order valence-electron chi connectivity index (χ3n) is 4.55. The van der Waals surface area contributed by atoms with Crippen LogP contribution in [0.2, 0.25) is 0 Å². The second kappa shape index (κ2) is 4.34. The highest BCUT2D eigenvalue weighted by Gasteiger charge is 2.52. The Hall–Kier alpha value is -0.610. The molecule has 0 bridgehead atoms. The van der Waals surface area contributed by atoms with Gasteiger partial charge in [0, 0.05) is 12.3 Å². The second-order valence-electron chi connectivity index (χ2n) is 5.35. The zero-order valence-electron chi connectivity index (χ0n) is 10.9. The molecule has 1 N–H and O–H groups in total. The molecule has 0 saturated carbocycles. The predicted octanol–water partition coefficient (Wildman–Crippen LogP) is 2.84. The van der Waals surface area contributed by atoms with Gasteiger partial charge in [-0.15, -0.1) is 10.3 Å². The first-order valence-corrected chi connectivity index (χ1v) is 6.04. The smallest absolute Gasteiger partial charge is 0.0637 e. The van der Waals surface area contributed by atoms with Crippen molar-refractivity contribution in [2.75, 3.05) is 0 Å². The fourth-order valence-corrected chi connectivity index (χ4v) is 2.61. The zero-order chi connectivity index (χ0) is 12.6. The lowest BCUT2D eigenvalue weighted by Gasteiger charge is -2.53. The Kier molecular flexibility index (Phi) is 3.65. The quantitative estimate of drug-likeness (QED) is 0.582. The van der Waals surface area contributed by atoms with Crippen molar-refractivity contribution in [1.82, 2.24) is 5.06 Å². The third kappa shape index (κ3) is 1.74. The van der Waals surface area contributed by atoms with Crippen LogP contribution in [0.3, 0.4) is 0 Å². The summed E-state index contributed by atoms with van der Waals surface area (Å²) >= 11 is 0. The maximum atomic E-state index is 12.5. The van der Waals surface area contributed by atoms with Crippen LogP contribution in [0.5, 0.6) is 0 Å². The van der Waals surface area contributed by atoms with Gasteiger partial charge in [0.1, 0.15) is 0 Å². The summed E-state index contributed by atoms with van der Waals surface area (Å²) in [5.41, 5.74) is -0.163. The molecule has 0 amide bonds. The summed E-state index contributed by atoms with van der Waals surface area (Å²) in [6.45, 7) is 9.90. The van der Waals surface area contributed by atoms with Gasteiger partial charge in [0.2, 0.25) is 0 Å². The lowest BCUT2D eigenvalue weighted by atomic mass is 9.70. The number of nitrogens with zero attached hydrogens (tertiary/aromatic N) is 2. The Labute approximate surface area is 97.9 Å². The minimum Gasteiger partial charge on any atom is -0.411 e. The van der Waals surface area contributed by atoms with E-state index in [2.05, 4.69) is 5.16 Å². The molecule has 4 heteroatoms. The van der Waals surface area contributed by atoms with E-state index >= 15 is 0 Å². The SMILES string of the molecule is CCC1(C)C/C(=N/O)C(C)C(C)(CC)N1[O]. The van der Waals surface area contributed by atoms with Crippen molar-refractivity contribution in [3.8, 4) is 0 Å². The summed E-state index contributed by atoms with van der Waals surface area (Å²) in [5.74, 6) is -0.000347. The summed E-state index contributed by atoms with van der Waals surface area (Å²) in [4.78, 5) is 0. The molecule has 1 radical (unpaired) electrons. The van der Waals surface area contributed by atoms with Gasteiger partial charge in [-0.2, -0.15) is 0 Å². The molecule has 1 saturated heterocycles. The van der Waals surface area contributed by atoms with Gasteiger partial charge in [-0.3, -0.25) is 0 Å². The van der Waals surface area contributed by atoms with Gasteiger partial charge in [-0.1, -0.05) is 25.9 Å². The van der Waals surface area contributed by atoms with Crippen molar-refractivity contribution < 1.29 is 10.4 Å². The molecule has 0 aliphatic carbocycles. The molecule has 1 aliphatic rings. The monoisotopic (exact) mass is 227 g/mol. The van der Waals surface area contributed by atoms with Gasteiger partial charge in [0.15, 0.2) is 0 Å². The van der Waals surface area contributed by atoms with Crippen LogP contribution in [0, 0.1) is 5.92 Å². The van der Waals surface area contributed by atoms with Gasteiger partial charge in [-0.25, -0.2) is 0 Å². The van der Waals surface area contributed by atoms with Crippen LogP contribution in [-0.2, 0) is 5.21 Å². The molecule has 0 aromatic carbocycles. The van der Waals surface area contributed by atoms with Gasteiger partial charge in [0.05, 0.1) is 16.8 Å². The zero-order valence-corrected chi connectivity index (χ0v) is 10.9. The van der Waals surface area contributed by atoms with E-state index in [-0.39, 0.29) is 5.92 Å². The summed E-state index contributed by atoms with van der Waals surface area (Å²) in [7, 11) is 0. The van der Waals surface area contributed by atoms with Crippen LogP contribution < -0.4 is 0 Å². The Balaban J connectivity index is 3.18. The fraction of sp³-hybridized carbons (Fsp3) is 0.917. The fourth-order valence-electron chi connectivity index (χ4n) is 2.61. The lowest BCUT2D eigenvalue weighted by molar-refractivity contribution is -0.293. The van der Waals surface area contributed by atoms with Crippen LogP contribution in [0.4, 0.5) is 0 Å². The molecule has 3 atom stereocenters. The summed E-state index contributed by atoms with van der Waals surface area (Å²) in [6, 6.07) is 0. The maximum absolute atomic E-state index is 12.5. The van der Waals surface area contributed by atoms with E-state index in [9.17, 15) is 5.21 Å². The number of hydrogen-bond acceptors (Lipinski definition) is 3. The normalized spacial score (nSPS) is 43.9. The highest BCUT2D eigenvalue weighted by molar-refractivity contribution is 5.89. The van der Waals surface area contributed by atoms with Crippen LogP contribution in [0.15, 0.2) is 5.16 Å². The summed E-state index contributed by atoms with van der Waals surface area (Å²) < 4.78 is 0. The number of oxime groups is 1. The molecule has 93 valence electrons. The third-order valence-corrected chi connectivity index (χ3v) is 4.55. The summed E-state index contributed by atoms with van der Waals surface area (Å²) in [6.07, 6.45) is 2.07. The predicted molar refractivity (Wildman–Crippen MR) is 62.9 cm³/mol. The number of rotatable bonds is 2. The summed E-state index contributed by atoms with van der Waals surface area (Å²) in [5, 5.41) is 26.2. The van der Waals surface area contributed by atoms with E-state index in [1.807, 2.05) is 34.6 Å². The number of hydroxylamine groups is 2. The minimum atomic E-state index is -0.468. The maximum Gasteiger partial charge on any atom is 0.0637 e. The highest BCUT2D eigenvalue weighted by atomic mass is 16.5. The molecule has 1 aliphatic heterocycles. The van der Waals surface area contributed by atoms with E-state index in [1.165, 1.54) is 5.06 Å². The molecular weight excluding hydrogens is 204 g/mol. The van der Waals surface area contributed by atoms with Gasteiger partial charge < -0.3 is 5.21 Å². The van der Waals surface area contributed by atoms with Crippen LogP contribution in [-0.4, -0.2) is 27.1 Å². The minimum absolute atomic E-state index is 0.000347. The standard InChI is InChI=1S/C12H23N2O2/c1-6-11(4)8-10(13-15)9(3)12(5,7-2)14(11)16/h9,15H,6-8H2,1-5H3/b13-10-. The van der Waals surface area contributed by atoms with Gasteiger partial charge in [0.25, 0.3) is 0 Å². The molecule has 1 rings (SSSR count). The Morgan fingerprint density at radius 2 is 2.00 bits per heavy atom. The van der Waals surface area contributed by atoms with Crippen molar-refractivity contribution in [3.05, 3.63) is 0 Å². The van der Waals surface area contributed by atoms with Crippen molar-refractivity contribution in [2.45, 2.75) is 65.0 Å². The largest absolute Gasteiger partial charge is 0.411 e. The van der Waals surface area contributed by atoms with E-state index in [1.54, 1.807) is 0 Å². The van der Waals surface area contributed by atoms with Crippen molar-refractivity contribution in [2.24, 2.45) is 11.1 Å². The average Bonchev–Trinajstić information content (AvgIpc) is 2.31. The van der Waals surface area contributed by atoms with Crippen molar-refractivity contribution >= 4 is 5.71 Å². The Morgan fingerprint density at radius 3 is 2.38 bits per heavy atom. The first-order chi connectivity index (χ1) is 7.35. The van der Waals surface area contributed by atoms with E-state index in [0.717, 1.165) is 18.6 Å². The van der Waals surface area contributed by atoms with Gasteiger partial charge in [-0.05, 0) is 26.7 Å². The number of hydrogen-bond donors (Lipinski definition) is 1. The molecule has 1 fully saturated rings. The molecule has 0 spiro atoms. The van der Waals surface area contributed by atoms with E-state index in [0.29, 0.717) is 6.42 Å². The van der Waals surface area contributed by atoms with Gasteiger partial charge >= 0.3 is 0 Å².